The van der Waals surface area contributed by atoms with Gasteiger partial charge in [-0.2, -0.15) is 18.3 Å². The number of aromatic amines is 1. The monoisotopic (exact) mass is 336 g/mol. The third kappa shape index (κ3) is 3.60. The molecule has 4 nitrogen and oxygen atoms in total. The Hall–Kier alpha value is -2.31. The molecule has 0 radical (unpaired) electrons. The highest BCUT2D eigenvalue weighted by Crippen LogP contribution is 2.35. The lowest BCUT2D eigenvalue weighted by Crippen LogP contribution is -2.22. The van der Waals surface area contributed by atoms with Crippen LogP contribution in [0.1, 0.15) is 43.4 Å². The zero-order chi connectivity index (χ0) is 17.2. The first kappa shape index (κ1) is 16.5. The number of alkyl halides is 3. The molecule has 0 saturated heterocycles. The highest BCUT2D eigenvalue weighted by atomic mass is 19.4. The Kier molecular flexibility index (Phi) is 4.59. The lowest BCUT2D eigenvalue weighted by atomic mass is 9.83. The van der Waals surface area contributed by atoms with E-state index < -0.39 is 11.9 Å². The number of nitrogens with one attached hydrogen (secondary N) is 1. The Morgan fingerprint density at radius 2 is 1.79 bits per heavy atom. The van der Waals surface area contributed by atoms with Crippen molar-refractivity contribution in [2.45, 2.75) is 38.3 Å². The molecule has 2 aromatic rings. The highest BCUT2D eigenvalue weighted by Gasteiger charge is 2.38. The van der Waals surface area contributed by atoms with Gasteiger partial charge >= 0.3 is 6.18 Å². The Bertz CT molecular complexity index is 710. The molecule has 1 saturated carbocycles. The van der Waals surface area contributed by atoms with Gasteiger partial charge < -0.3 is 5.73 Å². The van der Waals surface area contributed by atoms with Crippen LogP contribution >= 0.6 is 0 Å². The van der Waals surface area contributed by atoms with E-state index in [9.17, 15) is 13.2 Å². The van der Waals surface area contributed by atoms with Crippen LogP contribution < -0.4 is 5.73 Å². The standard InChI is InChI=1S/C17H19F3N4/c18-17(19,20)16-14(10-22-24-16)15(11-4-2-1-3-5-11)23-13-8-6-12(21)7-9-13/h6-11H,1-5,21H2,(H,22,24). The lowest BCUT2D eigenvalue weighted by molar-refractivity contribution is -0.141. The summed E-state index contributed by atoms with van der Waals surface area (Å²) in [5.74, 6) is 0.00926. The van der Waals surface area contributed by atoms with E-state index in [4.69, 9.17) is 5.73 Å². The highest BCUT2D eigenvalue weighted by molar-refractivity contribution is 6.04. The molecular formula is C17H19F3N4. The van der Waals surface area contributed by atoms with Crippen LogP contribution in [0.4, 0.5) is 24.5 Å². The van der Waals surface area contributed by atoms with E-state index in [2.05, 4.69) is 15.2 Å². The molecule has 0 atom stereocenters. The van der Waals surface area contributed by atoms with Crippen molar-refractivity contribution in [2.75, 3.05) is 5.73 Å². The second-order valence-corrected chi connectivity index (χ2v) is 6.08. The average Bonchev–Trinajstić information content (AvgIpc) is 3.05. The van der Waals surface area contributed by atoms with E-state index >= 15 is 0 Å². The maximum Gasteiger partial charge on any atom is 0.433 e. The maximum absolute atomic E-state index is 13.3. The zero-order valence-electron chi connectivity index (χ0n) is 13.1. The van der Waals surface area contributed by atoms with Crippen LogP contribution in [-0.2, 0) is 6.18 Å². The predicted molar refractivity (Wildman–Crippen MR) is 87.2 cm³/mol. The number of aliphatic imine (C=N–C) groups is 1. The second-order valence-electron chi connectivity index (χ2n) is 6.08. The number of benzene rings is 1. The fourth-order valence-corrected chi connectivity index (χ4v) is 3.13. The summed E-state index contributed by atoms with van der Waals surface area (Å²) in [6, 6.07) is 6.81. The molecule has 1 aliphatic rings. The molecule has 1 aromatic heterocycles. The van der Waals surface area contributed by atoms with E-state index in [1.54, 1.807) is 24.3 Å². The molecule has 24 heavy (non-hydrogen) atoms. The SMILES string of the molecule is Nc1ccc(N=C(c2cn[nH]c2C(F)(F)F)C2CCCCC2)cc1. The van der Waals surface area contributed by atoms with Gasteiger partial charge in [-0.1, -0.05) is 19.3 Å². The minimum atomic E-state index is -4.48. The molecule has 0 spiro atoms. The summed E-state index contributed by atoms with van der Waals surface area (Å²) in [5.41, 5.74) is 6.53. The summed E-state index contributed by atoms with van der Waals surface area (Å²) in [4.78, 5) is 4.54. The second kappa shape index (κ2) is 6.67. The van der Waals surface area contributed by atoms with Gasteiger partial charge in [-0.15, -0.1) is 0 Å². The van der Waals surface area contributed by atoms with E-state index in [-0.39, 0.29) is 11.5 Å². The third-order valence-corrected chi connectivity index (χ3v) is 4.33. The molecule has 7 heteroatoms. The summed E-state index contributed by atoms with van der Waals surface area (Å²) < 4.78 is 39.8. The molecule has 1 fully saturated rings. The number of halogens is 3. The smallest absolute Gasteiger partial charge is 0.399 e. The number of anilines is 1. The van der Waals surface area contributed by atoms with E-state index in [0.717, 1.165) is 32.1 Å². The van der Waals surface area contributed by atoms with Crippen molar-refractivity contribution in [2.24, 2.45) is 10.9 Å². The Morgan fingerprint density at radius 3 is 2.42 bits per heavy atom. The van der Waals surface area contributed by atoms with Gasteiger partial charge in [0.15, 0.2) is 0 Å². The first-order valence-corrected chi connectivity index (χ1v) is 8.00. The first-order valence-electron chi connectivity index (χ1n) is 8.00. The summed E-state index contributed by atoms with van der Waals surface area (Å²) in [6.45, 7) is 0. The van der Waals surface area contributed by atoms with Gasteiger partial charge in [0.25, 0.3) is 0 Å². The Labute approximate surface area is 138 Å². The van der Waals surface area contributed by atoms with Crippen molar-refractivity contribution >= 4 is 17.1 Å². The van der Waals surface area contributed by atoms with Gasteiger partial charge in [-0.3, -0.25) is 10.1 Å². The molecule has 1 aliphatic carbocycles. The summed E-state index contributed by atoms with van der Waals surface area (Å²) in [5, 5.41) is 5.70. The third-order valence-electron chi connectivity index (χ3n) is 4.33. The number of nitrogens with two attached hydrogens (primary N) is 1. The van der Waals surface area contributed by atoms with Gasteiger partial charge in [0.2, 0.25) is 0 Å². The van der Waals surface area contributed by atoms with E-state index in [1.807, 2.05) is 0 Å². The first-order chi connectivity index (χ1) is 11.4. The largest absolute Gasteiger partial charge is 0.433 e. The van der Waals surface area contributed by atoms with Crippen molar-refractivity contribution in [3.63, 3.8) is 0 Å². The number of nitrogens with zero attached hydrogens (tertiary/aromatic N) is 2. The molecule has 0 bridgehead atoms. The molecule has 3 N–H and O–H groups in total. The van der Waals surface area contributed by atoms with Crippen LogP contribution in [-0.4, -0.2) is 15.9 Å². The number of hydrogen-bond donors (Lipinski definition) is 2. The summed E-state index contributed by atoms with van der Waals surface area (Å²) in [7, 11) is 0. The van der Waals surface area contributed by atoms with Gasteiger partial charge in [0, 0.05) is 17.2 Å². The van der Waals surface area contributed by atoms with Crippen molar-refractivity contribution in [3.05, 3.63) is 41.7 Å². The van der Waals surface area contributed by atoms with Crippen LogP contribution in [0.15, 0.2) is 35.5 Å². The fraction of sp³-hybridized carbons (Fsp3) is 0.412. The number of rotatable bonds is 3. The van der Waals surface area contributed by atoms with Crippen molar-refractivity contribution in [1.29, 1.82) is 0 Å². The number of aromatic nitrogens is 2. The van der Waals surface area contributed by atoms with Gasteiger partial charge in [0.1, 0.15) is 5.69 Å². The van der Waals surface area contributed by atoms with E-state index in [1.165, 1.54) is 6.20 Å². The fourth-order valence-electron chi connectivity index (χ4n) is 3.13. The average molecular weight is 336 g/mol. The van der Waals surface area contributed by atoms with Crippen LogP contribution in [0.3, 0.4) is 0 Å². The molecule has 0 amide bonds. The predicted octanol–water partition coefficient (Wildman–Crippen LogP) is 4.71. The minimum absolute atomic E-state index is 0.00926. The van der Waals surface area contributed by atoms with Crippen molar-refractivity contribution in [3.8, 4) is 0 Å². The van der Waals surface area contributed by atoms with Gasteiger partial charge in [-0.05, 0) is 37.1 Å². The zero-order valence-corrected chi connectivity index (χ0v) is 13.1. The summed E-state index contributed by atoms with van der Waals surface area (Å²) >= 11 is 0. The van der Waals surface area contributed by atoms with Gasteiger partial charge in [-0.25, -0.2) is 0 Å². The summed E-state index contributed by atoms with van der Waals surface area (Å²) in [6.07, 6.45) is 1.56. The Balaban J connectivity index is 2.05. The van der Waals surface area contributed by atoms with Crippen LogP contribution in [0.25, 0.3) is 0 Å². The molecule has 128 valence electrons. The van der Waals surface area contributed by atoms with Crippen LogP contribution in [0.5, 0.6) is 0 Å². The molecule has 0 unspecified atom stereocenters. The van der Waals surface area contributed by atoms with E-state index in [0.29, 0.717) is 17.1 Å². The topological polar surface area (TPSA) is 67.1 Å². The molecule has 1 heterocycles. The minimum Gasteiger partial charge on any atom is -0.399 e. The molecule has 3 rings (SSSR count). The lowest BCUT2D eigenvalue weighted by Gasteiger charge is -2.24. The number of H-pyrrole nitrogens is 1. The van der Waals surface area contributed by atoms with Gasteiger partial charge in [0.05, 0.1) is 17.6 Å². The van der Waals surface area contributed by atoms with Crippen molar-refractivity contribution in [1.82, 2.24) is 10.2 Å². The maximum atomic E-state index is 13.3. The quantitative estimate of drug-likeness (QED) is 0.629. The van der Waals surface area contributed by atoms with Crippen LogP contribution in [0.2, 0.25) is 0 Å². The molecular weight excluding hydrogens is 317 g/mol. The molecule has 0 aliphatic heterocycles. The van der Waals surface area contributed by atoms with Crippen molar-refractivity contribution < 1.29 is 13.2 Å². The number of nitrogen functional groups attached to an aromatic ring is 1. The number of hydrogen-bond acceptors (Lipinski definition) is 3. The molecule has 1 aromatic carbocycles. The normalized spacial score (nSPS) is 17.2. The van der Waals surface area contributed by atoms with Crippen LogP contribution in [0, 0.1) is 5.92 Å². The Morgan fingerprint density at radius 1 is 1.12 bits per heavy atom.